The molecule has 2 unspecified atom stereocenters. The van der Waals surface area contributed by atoms with Gasteiger partial charge in [0.1, 0.15) is 11.5 Å². The fourth-order valence-corrected chi connectivity index (χ4v) is 4.95. The van der Waals surface area contributed by atoms with Crippen LogP contribution in [-0.4, -0.2) is 55.0 Å². The first-order valence-electron chi connectivity index (χ1n) is 10.7. The molecule has 3 N–H and O–H groups in total. The van der Waals surface area contributed by atoms with E-state index < -0.39 is 0 Å². The van der Waals surface area contributed by atoms with Crippen molar-refractivity contribution in [1.29, 1.82) is 0 Å². The molecule has 0 spiro atoms. The Kier molecular flexibility index (Phi) is 4.86. The third kappa shape index (κ3) is 3.75. The van der Waals surface area contributed by atoms with E-state index in [-0.39, 0.29) is 0 Å². The number of aromatic nitrogens is 7. The van der Waals surface area contributed by atoms with Crippen molar-refractivity contribution in [3.8, 4) is 11.5 Å². The number of hydrogen-bond acceptors (Lipinski definition) is 7. The lowest BCUT2D eigenvalue weighted by Crippen LogP contribution is -2.23. The third-order valence-corrected chi connectivity index (χ3v) is 6.91. The van der Waals surface area contributed by atoms with Crippen LogP contribution in [0.5, 0.6) is 0 Å². The van der Waals surface area contributed by atoms with Gasteiger partial charge in [-0.15, -0.1) is 0 Å². The van der Waals surface area contributed by atoms with Crippen molar-refractivity contribution in [2.24, 2.45) is 11.8 Å². The average molecular weight is 492 g/mol. The van der Waals surface area contributed by atoms with Gasteiger partial charge in [-0.1, -0.05) is 28.1 Å². The number of nitrogens with one attached hydrogen (secondary N) is 3. The molecular weight excluding hydrogens is 470 g/mol. The normalized spacial score (nSPS) is 21.5. The molecular formula is C22H22BrN9. The number of imidazole rings is 1. The highest BCUT2D eigenvalue weighted by Gasteiger charge is 2.57. The van der Waals surface area contributed by atoms with Crippen LogP contribution in [0.1, 0.15) is 17.2 Å². The van der Waals surface area contributed by atoms with Crippen LogP contribution in [0.15, 0.2) is 53.4 Å². The average Bonchev–Trinajstić information content (AvgIpc) is 3.35. The van der Waals surface area contributed by atoms with E-state index in [1.807, 2.05) is 18.5 Å². The van der Waals surface area contributed by atoms with Crippen LogP contribution in [0.3, 0.4) is 0 Å². The highest BCUT2D eigenvalue weighted by molar-refractivity contribution is 9.10. The molecule has 2 fully saturated rings. The predicted molar refractivity (Wildman–Crippen MR) is 124 cm³/mol. The standard InChI is InChI=1S/C22H22BrN9/c23-14-3-1-13(2-4-14)5-7-24-22-25-8-6-17(28-22)21-26-10-19(29-21)32-11-15-16(12-32)20(15)18-9-27-31-30-18/h1-4,6,8-10,15-16,20H,5,7,11-12H2,(H,26,29)(H,24,25,28)(H,27,30,31). The van der Waals surface area contributed by atoms with Gasteiger partial charge in [0.25, 0.3) is 0 Å². The second kappa shape index (κ2) is 8.01. The Morgan fingerprint density at radius 1 is 1.06 bits per heavy atom. The monoisotopic (exact) mass is 491 g/mol. The minimum Gasteiger partial charge on any atom is -0.356 e. The smallest absolute Gasteiger partial charge is 0.223 e. The lowest BCUT2D eigenvalue weighted by atomic mass is 10.1. The summed E-state index contributed by atoms with van der Waals surface area (Å²) in [7, 11) is 0. The number of H-pyrrole nitrogens is 2. The number of fused-ring (bicyclic) bond motifs is 1. The molecule has 32 heavy (non-hydrogen) atoms. The minimum absolute atomic E-state index is 0.542. The predicted octanol–water partition coefficient (Wildman–Crippen LogP) is 3.25. The van der Waals surface area contributed by atoms with Gasteiger partial charge in [-0.05, 0) is 42.0 Å². The summed E-state index contributed by atoms with van der Waals surface area (Å²) in [5.74, 6) is 4.23. The first-order valence-corrected chi connectivity index (χ1v) is 11.5. The molecule has 10 heteroatoms. The van der Waals surface area contributed by atoms with E-state index in [1.165, 1.54) is 5.56 Å². The summed E-state index contributed by atoms with van der Waals surface area (Å²) in [6.07, 6.45) is 6.41. The molecule has 0 amide bonds. The molecule has 1 aromatic carbocycles. The van der Waals surface area contributed by atoms with Crippen LogP contribution >= 0.6 is 15.9 Å². The van der Waals surface area contributed by atoms with Gasteiger partial charge in [0.15, 0.2) is 5.82 Å². The third-order valence-electron chi connectivity index (χ3n) is 6.38. The molecule has 3 aromatic heterocycles. The van der Waals surface area contributed by atoms with E-state index in [4.69, 9.17) is 0 Å². The summed E-state index contributed by atoms with van der Waals surface area (Å²) in [5.41, 5.74) is 3.13. The van der Waals surface area contributed by atoms with Crippen LogP contribution in [-0.2, 0) is 6.42 Å². The maximum atomic E-state index is 4.64. The second-order valence-electron chi connectivity index (χ2n) is 8.34. The van der Waals surface area contributed by atoms with Gasteiger partial charge >= 0.3 is 0 Å². The largest absolute Gasteiger partial charge is 0.356 e. The zero-order valence-electron chi connectivity index (χ0n) is 17.2. The Morgan fingerprint density at radius 2 is 1.91 bits per heavy atom. The number of nitrogens with zero attached hydrogens (tertiary/aromatic N) is 6. The van der Waals surface area contributed by atoms with E-state index in [0.717, 1.165) is 53.6 Å². The zero-order valence-corrected chi connectivity index (χ0v) is 18.8. The number of rotatable bonds is 7. The SMILES string of the molecule is Brc1ccc(CCNc2nccc(-c3ncc(N4CC5C(C4)C5c4cn[nH]n4)[nH]3)n2)cc1. The van der Waals surface area contributed by atoms with Crippen molar-refractivity contribution in [3.63, 3.8) is 0 Å². The summed E-state index contributed by atoms with van der Waals surface area (Å²) in [5, 5.41) is 14.2. The topological polar surface area (TPSA) is 111 Å². The minimum atomic E-state index is 0.542. The summed E-state index contributed by atoms with van der Waals surface area (Å²) in [4.78, 5) is 19.4. The molecule has 0 bridgehead atoms. The van der Waals surface area contributed by atoms with Crippen LogP contribution in [0.4, 0.5) is 11.8 Å². The fourth-order valence-electron chi connectivity index (χ4n) is 4.68. The molecule has 6 rings (SSSR count). The maximum Gasteiger partial charge on any atom is 0.223 e. The molecule has 0 radical (unpaired) electrons. The molecule has 1 saturated carbocycles. The summed E-state index contributed by atoms with van der Waals surface area (Å²) < 4.78 is 1.09. The van der Waals surface area contributed by atoms with Crippen molar-refractivity contribution in [2.75, 3.05) is 29.9 Å². The van der Waals surface area contributed by atoms with Gasteiger partial charge in [0.05, 0.1) is 18.1 Å². The first kappa shape index (κ1) is 19.4. The van der Waals surface area contributed by atoms with Crippen molar-refractivity contribution in [1.82, 2.24) is 35.3 Å². The quantitative estimate of drug-likeness (QED) is 0.363. The molecule has 162 valence electrons. The molecule has 1 aliphatic heterocycles. The highest BCUT2D eigenvalue weighted by Crippen LogP contribution is 2.57. The first-order chi connectivity index (χ1) is 15.7. The number of benzene rings is 1. The number of halogens is 1. The van der Waals surface area contributed by atoms with E-state index in [2.05, 4.69) is 85.8 Å². The Bertz CT molecular complexity index is 1190. The molecule has 1 aliphatic carbocycles. The number of piperidine rings is 1. The lowest BCUT2D eigenvalue weighted by molar-refractivity contribution is 0.729. The number of aromatic amines is 2. The highest BCUT2D eigenvalue weighted by atomic mass is 79.9. The van der Waals surface area contributed by atoms with E-state index in [9.17, 15) is 0 Å². The van der Waals surface area contributed by atoms with Gasteiger partial charge in [-0.3, -0.25) is 0 Å². The molecule has 2 atom stereocenters. The summed E-state index contributed by atoms with van der Waals surface area (Å²) in [6, 6.07) is 10.2. The van der Waals surface area contributed by atoms with Gasteiger partial charge in [0, 0.05) is 36.2 Å². The van der Waals surface area contributed by atoms with Crippen molar-refractivity contribution >= 4 is 27.7 Å². The van der Waals surface area contributed by atoms with Crippen LogP contribution < -0.4 is 10.2 Å². The Hall–Kier alpha value is -3.27. The van der Waals surface area contributed by atoms with Crippen LogP contribution in [0.25, 0.3) is 11.5 Å². The maximum absolute atomic E-state index is 4.64. The van der Waals surface area contributed by atoms with Gasteiger partial charge in [-0.2, -0.15) is 15.4 Å². The molecule has 4 aromatic rings. The van der Waals surface area contributed by atoms with Crippen LogP contribution in [0, 0.1) is 11.8 Å². The van der Waals surface area contributed by atoms with Gasteiger partial charge < -0.3 is 15.2 Å². The summed E-state index contributed by atoms with van der Waals surface area (Å²) >= 11 is 3.47. The van der Waals surface area contributed by atoms with Crippen molar-refractivity contribution in [3.05, 3.63) is 64.7 Å². The molecule has 2 aliphatic rings. The Labute approximate surface area is 193 Å². The summed E-state index contributed by atoms with van der Waals surface area (Å²) in [6.45, 7) is 2.78. The van der Waals surface area contributed by atoms with E-state index in [0.29, 0.717) is 23.7 Å². The number of hydrogen-bond donors (Lipinski definition) is 3. The lowest BCUT2D eigenvalue weighted by Gasteiger charge is -2.19. The second-order valence-corrected chi connectivity index (χ2v) is 9.25. The molecule has 1 saturated heterocycles. The number of anilines is 2. The van der Waals surface area contributed by atoms with Crippen molar-refractivity contribution in [2.45, 2.75) is 12.3 Å². The molecule has 9 nitrogen and oxygen atoms in total. The fraction of sp³-hybridized carbons (Fsp3) is 0.318. The van der Waals surface area contributed by atoms with E-state index >= 15 is 0 Å². The van der Waals surface area contributed by atoms with Gasteiger partial charge in [0.2, 0.25) is 5.95 Å². The van der Waals surface area contributed by atoms with E-state index in [1.54, 1.807) is 6.20 Å². The van der Waals surface area contributed by atoms with Gasteiger partial charge in [-0.25, -0.2) is 15.0 Å². The van der Waals surface area contributed by atoms with Crippen molar-refractivity contribution < 1.29 is 0 Å². The van der Waals surface area contributed by atoms with Crippen LogP contribution in [0.2, 0.25) is 0 Å². The zero-order chi connectivity index (χ0) is 21.5. The Morgan fingerprint density at radius 3 is 2.69 bits per heavy atom. The molecule has 4 heterocycles. The Balaban J connectivity index is 1.07.